The second-order valence-electron chi connectivity index (χ2n) is 7.27. The van der Waals surface area contributed by atoms with Crippen molar-refractivity contribution in [3.05, 3.63) is 58.7 Å². The van der Waals surface area contributed by atoms with Gasteiger partial charge in [0.15, 0.2) is 0 Å². The quantitative estimate of drug-likeness (QED) is 0.404. The van der Waals surface area contributed by atoms with E-state index in [9.17, 15) is 0 Å². The van der Waals surface area contributed by atoms with Crippen molar-refractivity contribution < 1.29 is 0 Å². The van der Waals surface area contributed by atoms with Gasteiger partial charge in [-0.15, -0.1) is 0 Å². The topological polar surface area (TPSA) is 36.1 Å². The highest BCUT2D eigenvalue weighted by molar-refractivity contribution is 5.58. The van der Waals surface area contributed by atoms with Gasteiger partial charge in [0, 0.05) is 31.0 Å². The van der Waals surface area contributed by atoms with Crippen molar-refractivity contribution in [2.75, 3.05) is 36.8 Å². The van der Waals surface area contributed by atoms with Gasteiger partial charge in [-0.25, -0.2) is 0 Å². The summed E-state index contributed by atoms with van der Waals surface area (Å²) in [6.45, 7) is 12.9. The number of rotatable bonds is 13. The lowest BCUT2D eigenvalue weighted by Crippen LogP contribution is -2.25. The van der Waals surface area contributed by atoms with E-state index in [4.69, 9.17) is 0 Å². The van der Waals surface area contributed by atoms with E-state index in [-0.39, 0.29) is 0 Å². The predicted octanol–water partition coefficient (Wildman–Crippen LogP) is 5.44. The predicted molar refractivity (Wildman–Crippen MR) is 125 cm³/mol. The van der Waals surface area contributed by atoms with Gasteiger partial charge in [-0.1, -0.05) is 64.1 Å². The first-order valence-corrected chi connectivity index (χ1v) is 11.1. The first kappa shape index (κ1) is 22.3. The minimum atomic E-state index is 0.968. The Morgan fingerprint density at radius 3 is 1.39 bits per heavy atom. The molecule has 2 aromatic carbocycles. The fourth-order valence-electron chi connectivity index (χ4n) is 3.77. The average Bonchev–Trinajstić information content (AvgIpc) is 2.75. The molecule has 0 bridgehead atoms. The van der Waals surface area contributed by atoms with Crippen LogP contribution in [0.4, 0.5) is 11.4 Å². The highest BCUT2D eigenvalue weighted by Crippen LogP contribution is 2.23. The van der Waals surface area contributed by atoms with Gasteiger partial charge in [-0.3, -0.25) is 0 Å². The molecule has 0 atom stereocenters. The van der Waals surface area contributed by atoms with E-state index in [1.165, 1.54) is 33.6 Å². The van der Waals surface area contributed by atoms with Gasteiger partial charge in [0.1, 0.15) is 0 Å². The van der Waals surface area contributed by atoms with E-state index in [1.807, 2.05) is 0 Å². The molecule has 154 valence electrons. The third kappa shape index (κ3) is 6.27. The van der Waals surface area contributed by atoms with Crippen LogP contribution in [0.2, 0.25) is 0 Å². The number of benzene rings is 2. The Labute approximate surface area is 172 Å². The Kier molecular flexibility index (Phi) is 9.92. The normalized spacial score (nSPS) is 10.9. The largest absolute Gasteiger partial charge is 0.385 e. The third-order valence-electron chi connectivity index (χ3n) is 5.43. The Morgan fingerprint density at radius 1 is 0.536 bits per heavy atom. The molecule has 0 amide bonds. The number of anilines is 2. The summed E-state index contributed by atoms with van der Waals surface area (Å²) in [5.41, 5.74) is 8.40. The molecule has 3 N–H and O–H groups in total. The maximum atomic E-state index is 3.67. The van der Waals surface area contributed by atoms with Crippen LogP contribution in [-0.2, 0) is 25.7 Å². The molecule has 0 spiro atoms. The van der Waals surface area contributed by atoms with Crippen LogP contribution in [0.3, 0.4) is 0 Å². The molecule has 28 heavy (non-hydrogen) atoms. The van der Waals surface area contributed by atoms with Crippen LogP contribution in [0.1, 0.15) is 56.4 Å². The van der Waals surface area contributed by atoms with E-state index < -0.39 is 0 Å². The van der Waals surface area contributed by atoms with Crippen molar-refractivity contribution in [2.45, 2.75) is 59.8 Å². The van der Waals surface area contributed by atoms with Crippen molar-refractivity contribution in [3.8, 4) is 0 Å². The Morgan fingerprint density at radius 2 is 0.964 bits per heavy atom. The first-order valence-electron chi connectivity index (χ1n) is 11.1. The second-order valence-corrected chi connectivity index (χ2v) is 7.27. The van der Waals surface area contributed by atoms with Crippen molar-refractivity contribution in [2.24, 2.45) is 0 Å². The monoisotopic (exact) mass is 381 g/mol. The second kappa shape index (κ2) is 12.5. The zero-order valence-electron chi connectivity index (χ0n) is 18.3. The van der Waals surface area contributed by atoms with E-state index in [0.29, 0.717) is 0 Å². The number of hydrogen-bond acceptors (Lipinski definition) is 3. The van der Waals surface area contributed by atoms with Gasteiger partial charge < -0.3 is 16.0 Å². The number of nitrogens with one attached hydrogen (secondary N) is 3. The van der Waals surface area contributed by atoms with Crippen LogP contribution in [0.5, 0.6) is 0 Å². The lowest BCUT2D eigenvalue weighted by molar-refractivity contribution is 0.674. The molecule has 0 radical (unpaired) electrons. The lowest BCUT2D eigenvalue weighted by Gasteiger charge is -2.16. The van der Waals surface area contributed by atoms with E-state index in [1.54, 1.807) is 0 Å². The molecule has 3 nitrogen and oxygen atoms in total. The summed E-state index contributed by atoms with van der Waals surface area (Å²) in [6.07, 6.45) is 5.45. The molecule has 2 aromatic rings. The van der Waals surface area contributed by atoms with Gasteiger partial charge in [-0.05, 0) is 60.9 Å². The summed E-state index contributed by atoms with van der Waals surface area (Å²) >= 11 is 0. The van der Waals surface area contributed by atoms with Crippen LogP contribution in [0, 0.1) is 0 Å². The molecule has 0 fully saturated rings. The first-order chi connectivity index (χ1) is 13.7. The van der Waals surface area contributed by atoms with E-state index in [0.717, 1.165) is 58.3 Å². The van der Waals surface area contributed by atoms with Gasteiger partial charge in [0.2, 0.25) is 0 Å². The fraction of sp³-hybridized carbons (Fsp3) is 0.520. The number of para-hydroxylation sites is 2. The zero-order chi connectivity index (χ0) is 20.2. The summed E-state index contributed by atoms with van der Waals surface area (Å²) in [4.78, 5) is 0. The molecule has 2 rings (SSSR count). The molecule has 0 saturated carbocycles. The molecule has 3 heteroatoms. The molecular formula is C25H39N3. The van der Waals surface area contributed by atoms with Crippen molar-refractivity contribution in [1.82, 2.24) is 5.32 Å². The summed E-state index contributed by atoms with van der Waals surface area (Å²) in [5, 5.41) is 10.9. The number of aryl methyl sites for hydroxylation is 4. The van der Waals surface area contributed by atoms with Gasteiger partial charge in [0.25, 0.3) is 0 Å². The molecule has 0 heterocycles. The standard InChI is InChI=1S/C25H39N3/c1-5-20-12-9-13-21(6-2)24(20)27-17-11-16-26-18-19-28-25-22(7-3)14-10-15-23(25)8-4/h9-10,12-15,26-28H,5-8,11,16-19H2,1-4H3. The molecule has 0 aliphatic heterocycles. The zero-order valence-corrected chi connectivity index (χ0v) is 18.3. The van der Waals surface area contributed by atoms with Crippen LogP contribution in [0.25, 0.3) is 0 Å². The van der Waals surface area contributed by atoms with Gasteiger partial charge in [0.05, 0.1) is 0 Å². The third-order valence-corrected chi connectivity index (χ3v) is 5.43. The minimum absolute atomic E-state index is 0.968. The summed E-state index contributed by atoms with van der Waals surface area (Å²) < 4.78 is 0. The van der Waals surface area contributed by atoms with Gasteiger partial charge >= 0.3 is 0 Å². The van der Waals surface area contributed by atoms with E-state index in [2.05, 4.69) is 80.0 Å². The number of hydrogen-bond donors (Lipinski definition) is 3. The maximum absolute atomic E-state index is 3.67. The smallest absolute Gasteiger partial charge is 0.0405 e. The maximum Gasteiger partial charge on any atom is 0.0405 e. The van der Waals surface area contributed by atoms with Crippen LogP contribution in [0.15, 0.2) is 36.4 Å². The highest BCUT2D eigenvalue weighted by atomic mass is 15.0. The van der Waals surface area contributed by atoms with Crippen LogP contribution >= 0.6 is 0 Å². The summed E-state index contributed by atoms with van der Waals surface area (Å²) in [7, 11) is 0. The molecule has 0 unspecified atom stereocenters. The molecule has 0 aliphatic rings. The van der Waals surface area contributed by atoms with Crippen molar-refractivity contribution in [3.63, 3.8) is 0 Å². The highest BCUT2D eigenvalue weighted by Gasteiger charge is 2.06. The molecule has 0 aliphatic carbocycles. The van der Waals surface area contributed by atoms with Crippen LogP contribution < -0.4 is 16.0 Å². The summed E-state index contributed by atoms with van der Waals surface area (Å²) in [6, 6.07) is 13.3. The summed E-state index contributed by atoms with van der Waals surface area (Å²) in [5.74, 6) is 0. The molecular weight excluding hydrogens is 342 g/mol. The van der Waals surface area contributed by atoms with E-state index >= 15 is 0 Å². The lowest BCUT2D eigenvalue weighted by atomic mass is 10.0. The SMILES string of the molecule is CCc1cccc(CC)c1NCCCNCCNc1c(CC)cccc1CC. The Balaban J connectivity index is 1.69. The Bertz CT molecular complexity index is 603. The van der Waals surface area contributed by atoms with Gasteiger partial charge in [-0.2, -0.15) is 0 Å². The van der Waals surface area contributed by atoms with Crippen molar-refractivity contribution >= 4 is 11.4 Å². The Hall–Kier alpha value is -2.00. The van der Waals surface area contributed by atoms with Crippen LogP contribution in [-0.4, -0.2) is 26.2 Å². The fourth-order valence-corrected chi connectivity index (χ4v) is 3.77. The average molecular weight is 382 g/mol. The molecule has 0 aromatic heterocycles. The minimum Gasteiger partial charge on any atom is -0.385 e. The molecule has 0 saturated heterocycles. The van der Waals surface area contributed by atoms with Crippen molar-refractivity contribution in [1.29, 1.82) is 0 Å².